The lowest BCUT2D eigenvalue weighted by Crippen LogP contribution is -2.22. The van der Waals surface area contributed by atoms with Gasteiger partial charge in [0.1, 0.15) is 5.69 Å². The first-order chi connectivity index (χ1) is 8.70. The van der Waals surface area contributed by atoms with E-state index < -0.39 is 0 Å². The van der Waals surface area contributed by atoms with Crippen molar-refractivity contribution in [1.82, 2.24) is 9.78 Å². The van der Waals surface area contributed by atoms with Crippen molar-refractivity contribution in [1.29, 1.82) is 0 Å². The molecule has 2 aromatic rings. The first-order valence-corrected chi connectivity index (χ1v) is 6.64. The summed E-state index contributed by atoms with van der Waals surface area (Å²) in [5.74, 6) is 0. The van der Waals surface area contributed by atoms with E-state index in [-0.39, 0.29) is 5.54 Å². The molecular weight excluding hydrogens is 234 g/mol. The highest BCUT2D eigenvalue weighted by Crippen LogP contribution is 2.32. The van der Waals surface area contributed by atoms with Crippen molar-refractivity contribution in [2.45, 2.75) is 47.1 Å². The molecule has 19 heavy (non-hydrogen) atoms. The van der Waals surface area contributed by atoms with Crippen LogP contribution < -0.4 is 5.73 Å². The van der Waals surface area contributed by atoms with Crippen LogP contribution in [-0.2, 0) is 5.54 Å². The van der Waals surface area contributed by atoms with E-state index >= 15 is 0 Å². The second-order valence-electron chi connectivity index (χ2n) is 6.32. The van der Waals surface area contributed by atoms with Crippen LogP contribution in [0.3, 0.4) is 0 Å². The van der Waals surface area contributed by atoms with Gasteiger partial charge in [0.25, 0.3) is 0 Å². The van der Waals surface area contributed by atoms with E-state index in [4.69, 9.17) is 10.8 Å². The van der Waals surface area contributed by atoms with Crippen molar-refractivity contribution in [2.24, 2.45) is 0 Å². The number of hydrogen-bond donors (Lipinski definition) is 1. The molecule has 3 nitrogen and oxygen atoms in total. The summed E-state index contributed by atoms with van der Waals surface area (Å²) in [5.41, 5.74) is 12.6. The maximum atomic E-state index is 6.16. The van der Waals surface area contributed by atoms with Gasteiger partial charge < -0.3 is 5.73 Å². The second kappa shape index (κ2) is 4.41. The molecule has 2 N–H and O–H groups in total. The van der Waals surface area contributed by atoms with Crippen molar-refractivity contribution in [3.8, 4) is 11.3 Å². The molecule has 0 amide bonds. The van der Waals surface area contributed by atoms with Gasteiger partial charge in [0.2, 0.25) is 0 Å². The summed E-state index contributed by atoms with van der Waals surface area (Å²) in [7, 11) is 0. The molecule has 0 radical (unpaired) electrons. The number of anilines is 1. The van der Waals surface area contributed by atoms with Gasteiger partial charge >= 0.3 is 0 Å². The third kappa shape index (κ3) is 2.50. The van der Waals surface area contributed by atoms with E-state index in [0.29, 0.717) is 0 Å². The minimum atomic E-state index is -0.0567. The zero-order valence-corrected chi connectivity index (χ0v) is 12.7. The molecule has 3 heteroatoms. The molecule has 102 valence electrons. The quantitative estimate of drug-likeness (QED) is 0.844. The maximum absolute atomic E-state index is 6.16. The zero-order chi connectivity index (χ0) is 14.4. The number of aryl methyl sites for hydroxylation is 3. The average Bonchev–Trinajstić information content (AvgIpc) is 2.59. The van der Waals surface area contributed by atoms with Crippen molar-refractivity contribution in [3.05, 3.63) is 35.0 Å². The summed E-state index contributed by atoms with van der Waals surface area (Å²) in [4.78, 5) is 0. The standard InChI is InChI=1S/C16H23N3/c1-10-7-11(2)14(12(3)8-10)15-13(17)9-19(18-15)16(4,5)6/h7-9H,17H2,1-6H3. The van der Waals surface area contributed by atoms with E-state index in [9.17, 15) is 0 Å². The van der Waals surface area contributed by atoms with Crippen LogP contribution in [0.2, 0.25) is 0 Å². The third-order valence-electron chi connectivity index (χ3n) is 3.34. The minimum absolute atomic E-state index is 0.0567. The number of nitrogens with two attached hydrogens (primary N) is 1. The Balaban J connectivity index is 2.64. The Morgan fingerprint density at radius 2 is 1.58 bits per heavy atom. The highest BCUT2D eigenvalue weighted by molar-refractivity contribution is 5.77. The molecule has 0 aliphatic heterocycles. The lowest BCUT2D eigenvalue weighted by molar-refractivity contribution is 0.356. The molecule has 0 aliphatic rings. The van der Waals surface area contributed by atoms with Crippen LogP contribution in [-0.4, -0.2) is 9.78 Å². The molecule has 0 saturated heterocycles. The SMILES string of the molecule is Cc1cc(C)c(-c2nn(C(C)(C)C)cc2N)c(C)c1. The van der Waals surface area contributed by atoms with E-state index in [1.54, 1.807) is 0 Å². The van der Waals surface area contributed by atoms with Gasteiger partial charge in [-0.15, -0.1) is 0 Å². The van der Waals surface area contributed by atoms with Crippen LogP contribution in [0.5, 0.6) is 0 Å². The molecule has 0 spiro atoms. The molecule has 0 fully saturated rings. The normalized spacial score (nSPS) is 11.9. The van der Waals surface area contributed by atoms with Crippen LogP contribution in [0, 0.1) is 20.8 Å². The highest BCUT2D eigenvalue weighted by atomic mass is 15.3. The van der Waals surface area contributed by atoms with Crippen LogP contribution in [0.15, 0.2) is 18.3 Å². The zero-order valence-electron chi connectivity index (χ0n) is 12.7. The Morgan fingerprint density at radius 1 is 1.05 bits per heavy atom. The number of nitrogen functional groups attached to an aromatic ring is 1. The predicted octanol–water partition coefficient (Wildman–Crippen LogP) is 3.81. The number of aromatic nitrogens is 2. The van der Waals surface area contributed by atoms with Gasteiger partial charge in [-0.3, -0.25) is 4.68 Å². The fourth-order valence-electron chi connectivity index (χ4n) is 2.48. The fourth-order valence-corrected chi connectivity index (χ4v) is 2.48. The van der Waals surface area contributed by atoms with E-state index in [0.717, 1.165) is 16.9 Å². The average molecular weight is 257 g/mol. The Kier molecular flexibility index (Phi) is 3.17. The molecule has 1 aromatic carbocycles. The van der Waals surface area contributed by atoms with Gasteiger partial charge in [0, 0.05) is 11.8 Å². The van der Waals surface area contributed by atoms with Gasteiger partial charge in [-0.1, -0.05) is 17.7 Å². The van der Waals surface area contributed by atoms with Gasteiger partial charge in [-0.05, 0) is 52.7 Å². The molecule has 0 saturated carbocycles. The number of rotatable bonds is 1. The molecule has 1 aromatic heterocycles. The van der Waals surface area contributed by atoms with Gasteiger partial charge in [-0.25, -0.2) is 0 Å². The van der Waals surface area contributed by atoms with E-state index in [1.165, 1.54) is 16.7 Å². The first kappa shape index (κ1) is 13.7. The predicted molar refractivity (Wildman–Crippen MR) is 81.3 cm³/mol. The summed E-state index contributed by atoms with van der Waals surface area (Å²) in [6.45, 7) is 12.7. The fraction of sp³-hybridized carbons (Fsp3) is 0.438. The Morgan fingerprint density at radius 3 is 2.00 bits per heavy atom. The largest absolute Gasteiger partial charge is 0.396 e. The topological polar surface area (TPSA) is 43.8 Å². The van der Waals surface area contributed by atoms with Gasteiger partial charge in [0.05, 0.1) is 11.2 Å². The van der Waals surface area contributed by atoms with Gasteiger partial charge in [-0.2, -0.15) is 5.10 Å². The van der Waals surface area contributed by atoms with Crippen molar-refractivity contribution in [3.63, 3.8) is 0 Å². The summed E-state index contributed by atoms with van der Waals surface area (Å²) in [5, 5.41) is 4.69. The summed E-state index contributed by atoms with van der Waals surface area (Å²) in [6.07, 6.45) is 1.92. The summed E-state index contributed by atoms with van der Waals surface area (Å²) >= 11 is 0. The Labute approximate surface area is 115 Å². The van der Waals surface area contributed by atoms with Gasteiger partial charge in [0.15, 0.2) is 0 Å². The van der Waals surface area contributed by atoms with Crippen LogP contribution in [0.4, 0.5) is 5.69 Å². The molecule has 0 bridgehead atoms. The molecule has 0 unspecified atom stereocenters. The second-order valence-corrected chi connectivity index (χ2v) is 6.32. The molecule has 2 rings (SSSR count). The number of hydrogen-bond acceptors (Lipinski definition) is 2. The monoisotopic (exact) mass is 257 g/mol. The molecule has 1 heterocycles. The Hall–Kier alpha value is -1.77. The molecule has 0 aliphatic carbocycles. The lowest BCUT2D eigenvalue weighted by atomic mass is 9.97. The maximum Gasteiger partial charge on any atom is 0.116 e. The lowest BCUT2D eigenvalue weighted by Gasteiger charge is -2.19. The van der Waals surface area contributed by atoms with E-state index in [1.807, 2.05) is 10.9 Å². The highest BCUT2D eigenvalue weighted by Gasteiger charge is 2.19. The smallest absolute Gasteiger partial charge is 0.116 e. The minimum Gasteiger partial charge on any atom is -0.396 e. The van der Waals surface area contributed by atoms with Crippen LogP contribution in [0.25, 0.3) is 11.3 Å². The summed E-state index contributed by atoms with van der Waals surface area (Å²) < 4.78 is 1.94. The first-order valence-electron chi connectivity index (χ1n) is 6.64. The number of benzene rings is 1. The summed E-state index contributed by atoms with van der Waals surface area (Å²) in [6, 6.07) is 4.36. The van der Waals surface area contributed by atoms with Crippen molar-refractivity contribution < 1.29 is 0 Å². The molecule has 0 atom stereocenters. The van der Waals surface area contributed by atoms with Crippen LogP contribution in [0.1, 0.15) is 37.5 Å². The third-order valence-corrected chi connectivity index (χ3v) is 3.34. The Bertz CT molecular complexity index is 592. The van der Waals surface area contributed by atoms with Crippen molar-refractivity contribution in [2.75, 3.05) is 5.73 Å². The van der Waals surface area contributed by atoms with E-state index in [2.05, 4.69) is 53.7 Å². The number of nitrogens with zero attached hydrogens (tertiary/aromatic N) is 2. The molecular formula is C16H23N3. The van der Waals surface area contributed by atoms with Crippen LogP contribution >= 0.6 is 0 Å². The van der Waals surface area contributed by atoms with Crippen molar-refractivity contribution >= 4 is 5.69 Å².